The number of pyridine rings is 1. The summed E-state index contributed by atoms with van der Waals surface area (Å²) < 4.78 is 12.0. The largest absolute Gasteiger partial charge is 0.480 e. The molecule has 0 aliphatic carbocycles. The van der Waals surface area contributed by atoms with Crippen LogP contribution >= 0.6 is 0 Å². The summed E-state index contributed by atoms with van der Waals surface area (Å²) in [6, 6.07) is 10.3. The molecule has 1 saturated heterocycles. The van der Waals surface area contributed by atoms with Crippen LogP contribution in [-0.4, -0.2) is 71.4 Å². The number of carbonyl (C=O) groups excluding carboxylic acids is 3. The predicted molar refractivity (Wildman–Crippen MR) is 125 cm³/mol. The first-order chi connectivity index (χ1) is 17.3. The molecule has 3 atom stereocenters. The number of benzene rings is 1. The Kier molecular flexibility index (Phi) is 9.34. The molecule has 2 aromatic rings. The van der Waals surface area contributed by atoms with Gasteiger partial charge in [-0.15, -0.1) is 0 Å². The van der Waals surface area contributed by atoms with Crippen LogP contribution < -0.4 is 9.88 Å². The molecular weight excluding hydrogens is 470 g/mol. The first-order valence-corrected chi connectivity index (χ1v) is 11.6. The summed E-state index contributed by atoms with van der Waals surface area (Å²) in [5.41, 5.74) is 0.878. The molecule has 2 amide bonds. The molecule has 3 unspecified atom stereocenters. The van der Waals surface area contributed by atoms with Gasteiger partial charge in [-0.3, -0.25) is 9.59 Å². The summed E-state index contributed by atoms with van der Waals surface area (Å²) in [7, 11) is 1.32. The van der Waals surface area contributed by atoms with Gasteiger partial charge in [-0.2, -0.15) is 4.57 Å². The minimum absolute atomic E-state index is 0.124. The van der Waals surface area contributed by atoms with Crippen molar-refractivity contribution < 1.29 is 43.4 Å². The predicted octanol–water partition coefficient (Wildman–Crippen LogP) is 1.05. The standard InChI is InChI=1S/C25H29N3O8/c1-35-24(33)21(17-8-3-2-4-9-17)20-11-5-6-13-28(20)25(34)36-16-27-12-7-10-18(14-27)22(30)26-19(15-29)23(31)32/h2-4,7-10,12,14,19-21,29H,5-6,11,13,15-16H2,1H3,(H-,26,30,31,32)/p+1. The first kappa shape index (κ1) is 26.6. The lowest BCUT2D eigenvalue weighted by atomic mass is 9.85. The van der Waals surface area contributed by atoms with Gasteiger partial charge in [0.05, 0.1) is 19.8 Å². The molecule has 192 valence electrons. The molecular formula is C25H30N3O8+. The average Bonchev–Trinajstić information content (AvgIpc) is 2.91. The zero-order valence-corrected chi connectivity index (χ0v) is 19.9. The number of methoxy groups -OCH3 is 1. The minimum atomic E-state index is -1.44. The summed E-state index contributed by atoms with van der Waals surface area (Å²) in [6.45, 7) is -0.535. The number of carboxylic acids is 1. The van der Waals surface area contributed by atoms with Crippen molar-refractivity contribution in [1.29, 1.82) is 0 Å². The summed E-state index contributed by atoms with van der Waals surface area (Å²) in [6.07, 6.45) is 4.62. The number of likely N-dealkylation sites (tertiary alicyclic amines) is 1. The number of aliphatic carboxylic acids is 1. The number of carbonyl (C=O) groups is 4. The number of aliphatic hydroxyl groups is 1. The van der Waals surface area contributed by atoms with Crippen LogP contribution in [-0.2, 0) is 25.8 Å². The van der Waals surface area contributed by atoms with Crippen molar-refractivity contribution in [1.82, 2.24) is 10.2 Å². The van der Waals surface area contributed by atoms with Crippen molar-refractivity contribution in [3.05, 3.63) is 66.0 Å². The molecule has 1 aliphatic rings. The van der Waals surface area contributed by atoms with E-state index in [1.165, 1.54) is 23.9 Å². The number of ether oxygens (including phenoxy) is 2. The van der Waals surface area contributed by atoms with Crippen LogP contribution in [0.25, 0.3) is 0 Å². The Morgan fingerprint density at radius 1 is 1.14 bits per heavy atom. The highest BCUT2D eigenvalue weighted by molar-refractivity contribution is 5.96. The first-order valence-electron chi connectivity index (χ1n) is 11.6. The van der Waals surface area contributed by atoms with E-state index in [0.29, 0.717) is 13.0 Å². The number of nitrogens with zero attached hydrogens (tertiary/aromatic N) is 2. The number of esters is 1. The van der Waals surface area contributed by atoms with E-state index in [9.17, 15) is 19.2 Å². The number of aliphatic hydroxyl groups excluding tert-OH is 1. The summed E-state index contributed by atoms with van der Waals surface area (Å²) in [4.78, 5) is 50.7. The van der Waals surface area contributed by atoms with Crippen molar-refractivity contribution in [2.24, 2.45) is 0 Å². The number of nitrogens with one attached hydrogen (secondary N) is 1. The maximum Gasteiger partial charge on any atom is 0.414 e. The molecule has 0 saturated carbocycles. The average molecular weight is 501 g/mol. The van der Waals surface area contributed by atoms with E-state index in [2.05, 4.69) is 5.32 Å². The summed E-state index contributed by atoms with van der Waals surface area (Å²) >= 11 is 0. The molecule has 3 rings (SSSR count). The Morgan fingerprint density at radius 2 is 1.89 bits per heavy atom. The molecule has 1 aromatic heterocycles. The van der Waals surface area contributed by atoms with Gasteiger partial charge >= 0.3 is 18.0 Å². The van der Waals surface area contributed by atoms with Crippen LogP contribution in [0.1, 0.15) is 41.1 Å². The molecule has 11 heteroatoms. The highest BCUT2D eigenvalue weighted by Crippen LogP contribution is 2.32. The normalized spacial score (nSPS) is 16.9. The second-order valence-electron chi connectivity index (χ2n) is 8.36. The number of hydrogen-bond acceptors (Lipinski definition) is 7. The van der Waals surface area contributed by atoms with E-state index in [0.717, 1.165) is 18.4 Å². The van der Waals surface area contributed by atoms with E-state index in [4.69, 9.17) is 19.7 Å². The van der Waals surface area contributed by atoms with Crippen LogP contribution in [0.5, 0.6) is 0 Å². The Bertz CT molecular complexity index is 1080. The molecule has 1 aliphatic heterocycles. The fourth-order valence-electron chi connectivity index (χ4n) is 4.21. The van der Waals surface area contributed by atoms with Gasteiger partial charge in [0.2, 0.25) is 0 Å². The van der Waals surface area contributed by atoms with Crippen molar-refractivity contribution >= 4 is 23.9 Å². The van der Waals surface area contributed by atoms with Crippen molar-refractivity contribution in [2.75, 3.05) is 20.3 Å². The van der Waals surface area contributed by atoms with Gasteiger partial charge in [-0.05, 0) is 30.9 Å². The lowest BCUT2D eigenvalue weighted by molar-refractivity contribution is -0.727. The molecule has 2 heterocycles. The Labute approximate surface area is 208 Å². The monoisotopic (exact) mass is 500 g/mol. The second kappa shape index (κ2) is 12.6. The zero-order valence-electron chi connectivity index (χ0n) is 19.9. The third-order valence-corrected chi connectivity index (χ3v) is 6.03. The van der Waals surface area contributed by atoms with Crippen LogP contribution in [0.2, 0.25) is 0 Å². The van der Waals surface area contributed by atoms with Gasteiger partial charge < -0.3 is 29.9 Å². The Hall–Kier alpha value is -3.99. The zero-order chi connectivity index (χ0) is 26.1. The number of amides is 2. The van der Waals surface area contributed by atoms with E-state index < -0.39 is 48.5 Å². The van der Waals surface area contributed by atoms with Crippen LogP contribution in [0.3, 0.4) is 0 Å². The molecule has 1 aromatic carbocycles. The molecule has 0 spiro atoms. The van der Waals surface area contributed by atoms with Crippen LogP contribution in [0, 0.1) is 0 Å². The molecule has 1 fully saturated rings. The van der Waals surface area contributed by atoms with Crippen LogP contribution in [0.15, 0.2) is 54.9 Å². The Morgan fingerprint density at radius 3 is 2.56 bits per heavy atom. The molecule has 11 nitrogen and oxygen atoms in total. The second-order valence-corrected chi connectivity index (χ2v) is 8.36. The maximum absolute atomic E-state index is 13.1. The lowest BCUT2D eigenvalue weighted by Crippen LogP contribution is -2.50. The van der Waals surface area contributed by atoms with E-state index >= 15 is 0 Å². The van der Waals surface area contributed by atoms with Gasteiger partial charge in [-0.1, -0.05) is 30.3 Å². The highest BCUT2D eigenvalue weighted by Gasteiger charge is 2.39. The maximum atomic E-state index is 13.1. The van der Waals surface area contributed by atoms with Crippen molar-refractivity contribution in [2.45, 2.75) is 44.0 Å². The lowest BCUT2D eigenvalue weighted by Gasteiger charge is -2.38. The number of rotatable bonds is 9. The molecule has 0 radical (unpaired) electrons. The van der Waals surface area contributed by atoms with Gasteiger partial charge in [0.25, 0.3) is 12.6 Å². The molecule has 36 heavy (non-hydrogen) atoms. The molecule has 3 N–H and O–H groups in total. The van der Waals surface area contributed by atoms with E-state index in [-0.39, 0.29) is 12.3 Å². The number of piperidine rings is 1. The van der Waals surface area contributed by atoms with Gasteiger partial charge in [0, 0.05) is 12.6 Å². The third-order valence-electron chi connectivity index (χ3n) is 6.03. The number of aromatic nitrogens is 1. The fourth-order valence-corrected chi connectivity index (χ4v) is 4.21. The van der Waals surface area contributed by atoms with E-state index in [1.54, 1.807) is 17.2 Å². The Balaban J connectivity index is 1.71. The van der Waals surface area contributed by atoms with Gasteiger partial charge in [-0.25, -0.2) is 9.59 Å². The third kappa shape index (κ3) is 6.57. The summed E-state index contributed by atoms with van der Waals surface area (Å²) in [5, 5.41) is 20.3. The minimum Gasteiger partial charge on any atom is -0.480 e. The summed E-state index contributed by atoms with van der Waals surface area (Å²) in [5.74, 6) is -3.14. The molecule has 0 bridgehead atoms. The van der Waals surface area contributed by atoms with Crippen LogP contribution in [0.4, 0.5) is 4.79 Å². The number of carboxylic acid groups (broad SMARTS) is 1. The smallest absolute Gasteiger partial charge is 0.414 e. The quantitative estimate of drug-likeness (QED) is 0.342. The SMILES string of the molecule is COC(=O)C(c1ccccc1)C1CCCCN1C(=O)OC[n+]1cccc(C(=O)NC(CO)C(=O)O)c1. The van der Waals surface area contributed by atoms with Gasteiger partial charge in [0.15, 0.2) is 18.4 Å². The number of hydrogen-bond donors (Lipinski definition) is 3. The van der Waals surface area contributed by atoms with Crippen molar-refractivity contribution in [3.63, 3.8) is 0 Å². The van der Waals surface area contributed by atoms with Crippen molar-refractivity contribution in [3.8, 4) is 0 Å². The van der Waals surface area contributed by atoms with Gasteiger partial charge in [0.1, 0.15) is 11.5 Å². The fraction of sp³-hybridized carbons (Fsp3) is 0.400. The topological polar surface area (TPSA) is 146 Å². The van der Waals surface area contributed by atoms with E-state index in [1.807, 2.05) is 30.3 Å². The highest BCUT2D eigenvalue weighted by atomic mass is 16.6.